The third kappa shape index (κ3) is 2.86. The zero-order chi connectivity index (χ0) is 14.3. The SMILES string of the molecule is N[C@@H]1CCC[C@H]1CC(=O)N1CCC(O)(C(F)(F)F)C1. The summed E-state index contributed by atoms with van der Waals surface area (Å²) in [6, 6.07) is -0.0342. The summed E-state index contributed by atoms with van der Waals surface area (Å²) in [5.74, 6) is -0.269. The average Bonchev–Trinajstić information content (AvgIpc) is 2.86. The number of amides is 1. The number of rotatable bonds is 2. The highest BCUT2D eigenvalue weighted by Gasteiger charge is 2.57. The van der Waals surface area contributed by atoms with E-state index in [-0.39, 0.29) is 30.8 Å². The van der Waals surface area contributed by atoms with Crippen molar-refractivity contribution in [3.8, 4) is 0 Å². The van der Waals surface area contributed by atoms with E-state index in [4.69, 9.17) is 5.73 Å². The molecule has 2 rings (SSSR count). The van der Waals surface area contributed by atoms with Crippen molar-refractivity contribution in [2.75, 3.05) is 13.1 Å². The number of nitrogens with zero attached hydrogens (tertiary/aromatic N) is 1. The van der Waals surface area contributed by atoms with E-state index in [2.05, 4.69) is 0 Å². The van der Waals surface area contributed by atoms with Crippen LogP contribution in [0.3, 0.4) is 0 Å². The molecule has 1 saturated carbocycles. The monoisotopic (exact) mass is 280 g/mol. The molecular weight excluding hydrogens is 261 g/mol. The smallest absolute Gasteiger partial charge is 0.379 e. The van der Waals surface area contributed by atoms with E-state index in [1.165, 1.54) is 0 Å². The second kappa shape index (κ2) is 4.94. The van der Waals surface area contributed by atoms with Crippen LogP contribution in [0.4, 0.5) is 13.2 Å². The Morgan fingerprint density at radius 1 is 1.42 bits per heavy atom. The van der Waals surface area contributed by atoms with Crippen molar-refractivity contribution >= 4 is 5.91 Å². The first-order valence-corrected chi connectivity index (χ1v) is 6.55. The molecule has 1 heterocycles. The van der Waals surface area contributed by atoms with Crippen molar-refractivity contribution < 1.29 is 23.1 Å². The normalized spacial score (nSPS) is 35.9. The Balaban J connectivity index is 1.92. The lowest BCUT2D eigenvalue weighted by atomic mass is 9.99. The molecule has 2 aliphatic rings. The fourth-order valence-corrected chi connectivity index (χ4v) is 2.91. The summed E-state index contributed by atoms with van der Waals surface area (Å²) in [7, 11) is 0. The zero-order valence-electron chi connectivity index (χ0n) is 10.6. The van der Waals surface area contributed by atoms with E-state index >= 15 is 0 Å². The number of hydrogen-bond acceptors (Lipinski definition) is 3. The van der Waals surface area contributed by atoms with E-state index in [0.29, 0.717) is 0 Å². The van der Waals surface area contributed by atoms with Crippen LogP contribution in [0.25, 0.3) is 0 Å². The number of β-amino-alcohol motifs (C(OH)–C–C–N with tert-alkyl or cyclic N) is 1. The summed E-state index contributed by atoms with van der Waals surface area (Å²) in [4.78, 5) is 13.1. The third-order valence-corrected chi connectivity index (χ3v) is 4.28. The molecule has 0 bridgehead atoms. The molecule has 0 aromatic carbocycles. The van der Waals surface area contributed by atoms with E-state index in [9.17, 15) is 23.1 Å². The molecule has 3 N–H and O–H groups in total. The van der Waals surface area contributed by atoms with Crippen LogP contribution in [0.15, 0.2) is 0 Å². The maximum atomic E-state index is 12.6. The highest BCUT2D eigenvalue weighted by molar-refractivity contribution is 5.77. The Morgan fingerprint density at radius 3 is 2.58 bits per heavy atom. The number of aliphatic hydroxyl groups is 1. The van der Waals surface area contributed by atoms with Gasteiger partial charge < -0.3 is 15.7 Å². The van der Waals surface area contributed by atoms with Crippen molar-refractivity contribution in [2.24, 2.45) is 11.7 Å². The Bertz CT molecular complexity index is 361. The predicted octanol–water partition coefficient (Wildman–Crippen LogP) is 1.03. The lowest BCUT2D eigenvalue weighted by Crippen LogP contribution is -2.48. The predicted molar refractivity (Wildman–Crippen MR) is 62.1 cm³/mol. The molecule has 3 atom stereocenters. The molecule has 1 amide bonds. The number of carbonyl (C=O) groups excluding carboxylic acids is 1. The lowest BCUT2D eigenvalue weighted by Gasteiger charge is -2.26. The van der Waals surface area contributed by atoms with Gasteiger partial charge in [-0.25, -0.2) is 0 Å². The fraction of sp³-hybridized carbons (Fsp3) is 0.917. The molecular formula is C12H19F3N2O2. The van der Waals surface area contributed by atoms with Gasteiger partial charge in [0, 0.05) is 25.4 Å². The first-order valence-electron chi connectivity index (χ1n) is 6.55. The van der Waals surface area contributed by atoms with Gasteiger partial charge in [-0.2, -0.15) is 13.2 Å². The highest BCUT2D eigenvalue weighted by Crippen LogP contribution is 2.38. The molecule has 0 radical (unpaired) electrons. The average molecular weight is 280 g/mol. The molecule has 4 nitrogen and oxygen atoms in total. The van der Waals surface area contributed by atoms with Gasteiger partial charge in [0.15, 0.2) is 5.60 Å². The third-order valence-electron chi connectivity index (χ3n) is 4.28. The Morgan fingerprint density at radius 2 is 2.11 bits per heavy atom. The molecule has 0 aromatic rings. The number of halogens is 3. The zero-order valence-corrected chi connectivity index (χ0v) is 10.6. The van der Waals surface area contributed by atoms with Gasteiger partial charge in [-0.3, -0.25) is 4.79 Å². The van der Waals surface area contributed by atoms with Gasteiger partial charge in [0.05, 0.1) is 6.54 Å². The van der Waals surface area contributed by atoms with Gasteiger partial charge in [-0.1, -0.05) is 6.42 Å². The summed E-state index contributed by atoms with van der Waals surface area (Å²) >= 11 is 0. The van der Waals surface area contributed by atoms with Crippen LogP contribution in [0.1, 0.15) is 32.1 Å². The Labute approximate surface area is 109 Å². The summed E-state index contributed by atoms with van der Waals surface area (Å²) < 4.78 is 37.9. The first-order chi connectivity index (χ1) is 8.73. The standard InChI is InChI=1S/C12H19F3N2O2/c13-12(14,15)11(19)4-5-17(7-11)10(18)6-8-2-1-3-9(8)16/h8-9,19H,1-7,16H2/t8-,9+,11?/m0/s1. The minimum atomic E-state index is -4.69. The second-order valence-corrected chi connectivity index (χ2v) is 5.65. The number of alkyl halides is 3. The van der Waals surface area contributed by atoms with Crippen LogP contribution in [0.2, 0.25) is 0 Å². The van der Waals surface area contributed by atoms with Gasteiger partial charge in [0.25, 0.3) is 0 Å². The molecule has 7 heteroatoms. The Kier molecular flexibility index (Phi) is 3.79. The molecule has 2 fully saturated rings. The van der Waals surface area contributed by atoms with E-state index in [0.717, 1.165) is 24.2 Å². The first kappa shape index (κ1) is 14.6. The van der Waals surface area contributed by atoms with Crippen LogP contribution < -0.4 is 5.73 Å². The van der Waals surface area contributed by atoms with E-state index < -0.39 is 24.7 Å². The van der Waals surface area contributed by atoms with Gasteiger partial charge in [0.1, 0.15) is 0 Å². The number of likely N-dealkylation sites (tertiary alicyclic amines) is 1. The molecule has 1 aliphatic carbocycles. The largest absolute Gasteiger partial charge is 0.419 e. The molecule has 110 valence electrons. The van der Waals surface area contributed by atoms with Gasteiger partial charge in [-0.15, -0.1) is 0 Å². The maximum Gasteiger partial charge on any atom is 0.419 e. The topological polar surface area (TPSA) is 66.6 Å². The molecule has 1 unspecified atom stereocenters. The second-order valence-electron chi connectivity index (χ2n) is 5.65. The van der Waals surface area contributed by atoms with Crippen molar-refractivity contribution in [1.29, 1.82) is 0 Å². The summed E-state index contributed by atoms with van der Waals surface area (Å²) in [5, 5.41) is 9.52. The van der Waals surface area contributed by atoms with Gasteiger partial charge in [-0.05, 0) is 18.8 Å². The molecule has 0 spiro atoms. The van der Waals surface area contributed by atoms with E-state index in [1.807, 2.05) is 0 Å². The van der Waals surface area contributed by atoms with Crippen LogP contribution >= 0.6 is 0 Å². The van der Waals surface area contributed by atoms with Crippen LogP contribution in [0, 0.1) is 5.92 Å². The minimum absolute atomic E-state index is 0.0342. The van der Waals surface area contributed by atoms with Gasteiger partial charge in [0.2, 0.25) is 5.91 Å². The quantitative estimate of drug-likeness (QED) is 0.794. The van der Waals surface area contributed by atoms with Crippen LogP contribution in [0.5, 0.6) is 0 Å². The van der Waals surface area contributed by atoms with Crippen molar-refractivity contribution in [3.05, 3.63) is 0 Å². The number of nitrogens with two attached hydrogens (primary N) is 1. The molecule has 1 saturated heterocycles. The molecule has 19 heavy (non-hydrogen) atoms. The van der Waals surface area contributed by atoms with Crippen molar-refractivity contribution in [3.63, 3.8) is 0 Å². The van der Waals surface area contributed by atoms with Crippen LogP contribution in [-0.4, -0.2) is 46.8 Å². The van der Waals surface area contributed by atoms with Crippen molar-refractivity contribution in [2.45, 2.75) is 49.9 Å². The number of carbonyl (C=O) groups is 1. The maximum absolute atomic E-state index is 12.6. The molecule has 0 aromatic heterocycles. The lowest BCUT2D eigenvalue weighted by molar-refractivity contribution is -0.253. The summed E-state index contributed by atoms with van der Waals surface area (Å²) in [6.07, 6.45) is -2.26. The Hall–Kier alpha value is -0.820. The van der Waals surface area contributed by atoms with Crippen molar-refractivity contribution in [1.82, 2.24) is 4.90 Å². The number of hydrogen-bond donors (Lipinski definition) is 2. The van der Waals surface area contributed by atoms with E-state index in [1.54, 1.807) is 0 Å². The van der Waals surface area contributed by atoms with Gasteiger partial charge >= 0.3 is 6.18 Å². The summed E-state index contributed by atoms with van der Waals surface area (Å²) in [6.45, 7) is -0.700. The fourth-order valence-electron chi connectivity index (χ4n) is 2.91. The highest BCUT2D eigenvalue weighted by atomic mass is 19.4. The van der Waals surface area contributed by atoms with Crippen LogP contribution in [-0.2, 0) is 4.79 Å². The minimum Gasteiger partial charge on any atom is -0.379 e. The molecule has 1 aliphatic heterocycles. The summed E-state index contributed by atoms with van der Waals surface area (Å²) in [5.41, 5.74) is 3.10.